The lowest BCUT2D eigenvalue weighted by Gasteiger charge is -2.53. The molecule has 6 nitrogen and oxygen atoms in total. The first-order valence-corrected chi connectivity index (χ1v) is 12.5. The van der Waals surface area contributed by atoms with Crippen molar-refractivity contribution in [3.8, 4) is 5.75 Å². The summed E-state index contributed by atoms with van der Waals surface area (Å²) in [5, 5.41) is 2.03. The van der Waals surface area contributed by atoms with E-state index in [4.69, 9.17) is 13.8 Å². The molecule has 0 aliphatic carbocycles. The second kappa shape index (κ2) is 8.45. The lowest BCUT2D eigenvalue weighted by Crippen LogP contribution is -2.62. The summed E-state index contributed by atoms with van der Waals surface area (Å²) in [6.07, 6.45) is 0.653. The fraction of sp³-hybridized carbons (Fsp3) is 0.520. The van der Waals surface area contributed by atoms with Gasteiger partial charge in [0.25, 0.3) is 10.1 Å². The number of fused-ring (bicyclic) bond motifs is 1. The molecule has 2 aromatic rings. The van der Waals surface area contributed by atoms with Crippen molar-refractivity contribution in [3.63, 3.8) is 0 Å². The number of hydrogen-bond donors (Lipinski definition) is 0. The number of rotatable bonds is 6. The molecule has 0 N–H and O–H groups in total. The zero-order valence-corrected chi connectivity index (χ0v) is 20.3. The molecule has 32 heavy (non-hydrogen) atoms. The molecule has 2 aliphatic heterocycles. The Morgan fingerprint density at radius 1 is 1.00 bits per heavy atom. The lowest BCUT2D eigenvalue weighted by molar-refractivity contribution is -0.292. The molecule has 174 valence electrons. The minimum atomic E-state index is -3.83. The number of nitrogens with zero attached hydrogens (tertiary/aromatic N) is 1. The SMILES string of the molecule is Cc1ccc(S(=O)(=O)OC2CC(C)(C)N(OCC3COc4ccccc43)C(C)(C)C2)cc1. The van der Waals surface area contributed by atoms with Crippen molar-refractivity contribution in [2.24, 2.45) is 0 Å². The Balaban J connectivity index is 1.45. The van der Waals surface area contributed by atoms with Gasteiger partial charge in [0, 0.05) is 22.6 Å². The minimum Gasteiger partial charge on any atom is -0.493 e. The van der Waals surface area contributed by atoms with Crippen LogP contribution in [0.4, 0.5) is 0 Å². The molecular weight excluding hydrogens is 426 g/mol. The van der Waals surface area contributed by atoms with Crippen LogP contribution >= 0.6 is 0 Å². The highest BCUT2D eigenvalue weighted by Gasteiger charge is 2.48. The summed E-state index contributed by atoms with van der Waals surface area (Å²) >= 11 is 0. The van der Waals surface area contributed by atoms with Gasteiger partial charge in [-0.1, -0.05) is 35.9 Å². The summed E-state index contributed by atoms with van der Waals surface area (Å²) in [5.74, 6) is 1.10. The molecule has 1 fully saturated rings. The first kappa shape index (κ1) is 23.2. The van der Waals surface area contributed by atoms with Crippen LogP contribution in [-0.4, -0.2) is 43.9 Å². The van der Waals surface area contributed by atoms with Crippen LogP contribution in [0.5, 0.6) is 5.75 Å². The van der Waals surface area contributed by atoms with E-state index in [1.165, 1.54) is 5.56 Å². The van der Waals surface area contributed by atoms with E-state index in [0.717, 1.165) is 11.3 Å². The van der Waals surface area contributed by atoms with E-state index >= 15 is 0 Å². The van der Waals surface area contributed by atoms with Crippen molar-refractivity contribution in [2.75, 3.05) is 13.2 Å². The van der Waals surface area contributed by atoms with Gasteiger partial charge in [-0.3, -0.25) is 9.02 Å². The molecule has 2 aliphatic rings. The first-order chi connectivity index (χ1) is 15.0. The molecule has 0 bridgehead atoms. The third-order valence-electron chi connectivity index (χ3n) is 6.33. The van der Waals surface area contributed by atoms with Gasteiger partial charge in [-0.2, -0.15) is 13.5 Å². The van der Waals surface area contributed by atoms with Crippen LogP contribution in [0.15, 0.2) is 53.4 Å². The van der Waals surface area contributed by atoms with Crippen molar-refractivity contribution in [1.82, 2.24) is 5.06 Å². The van der Waals surface area contributed by atoms with Gasteiger partial charge in [0.2, 0.25) is 0 Å². The molecule has 2 heterocycles. The number of piperidine rings is 1. The van der Waals surface area contributed by atoms with Crippen LogP contribution in [0.2, 0.25) is 0 Å². The average molecular weight is 460 g/mol. The van der Waals surface area contributed by atoms with Gasteiger partial charge in [0.1, 0.15) is 5.75 Å². The van der Waals surface area contributed by atoms with Crippen molar-refractivity contribution < 1.29 is 22.2 Å². The van der Waals surface area contributed by atoms with Crippen LogP contribution < -0.4 is 4.74 Å². The molecule has 1 atom stereocenters. The van der Waals surface area contributed by atoms with Gasteiger partial charge in [-0.25, -0.2) is 0 Å². The zero-order valence-electron chi connectivity index (χ0n) is 19.5. The molecule has 1 unspecified atom stereocenters. The Labute approximate surface area is 191 Å². The van der Waals surface area contributed by atoms with Crippen molar-refractivity contribution in [2.45, 2.75) is 75.5 Å². The standard InChI is InChI=1S/C25H33NO5S/c1-18-10-12-21(13-11-18)32(27,28)31-20-14-24(2,3)26(25(4,5)15-20)30-17-19-16-29-23-9-7-6-8-22(19)23/h6-13,19-20H,14-17H2,1-5H3. The maximum absolute atomic E-state index is 12.9. The predicted molar refractivity (Wildman–Crippen MR) is 123 cm³/mol. The van der Waals surface area contributed by atoms with E-state index in [0.29, 0.717) is 26.1 Å². The summed E-state index contributed by atoms with van der Waals surface area (Å²) in [4.78, 5) is 6.57. The highest BCUT2D eigenvalue weighted by molar-refractivity contribution is 7.86. The fourth-order valence-electron chi connectivity index (χ4n) is 5.06. The topological polar surface area (TPSA) is 65.1 Å². The zero-order chi connectivity index (χ0) is 23.1. The van der Waals surface area contributed by atoms with Crippen LogP contribution in [0.1, 0.15) is 57.6 Å². The molecule has 1 saturated heterocycles. The summed E-state index contributed by atoms with van der Waals surface area (Å²) in [5.41, 5.74) is 1.36. The Bertz CT molecular complexity index is 1040. The van der Waals surface area contributed by atoms with E-state index in [2.05, 4.69) is 33.8 Å². The Morgan fingerprint density at radius 3 is 2.28 bits per heavy atom. The summed E-state index contributed by atoms with van der Waals surface area (Å²) in [7, 11) is -3.83. The third kappa shape index (κ3) is 4.71. The molecular formula is C25H33NO5S. The Hall–Kier alpha value is -1.93. The van der Waals surface area contributed by atoms with Gasteiger partial charge in [0.05, 0.1) is 24.2 Å². The molecule has 0 aromatic heterocycles. The molecule has 4 rings (SSSR count). The largest absolute Gasteiger partial charge is 0.493 e. The second-order valence-electron chi connectivity index (χ2n) is 10.2. The summed E-state index contributed by atoms with van der Waals surface area (Å²) in [6, 6.07) is 14.8. The van der Waals surface area contributed by atoms with Gasteiger partial charge < -0.3 is 4.74 Å². The number of hydroxylamine groups is 2. The fourth-order valence-corrected chi connectivity index (χ4v) is 6.14. The van der Waals surface area contributed by atoms with Gasteiger partial charge in [-0.05, 0) is 65.7 Å². The predicted octanol–water partition coefficient (Wildman–Crippen LogP) is 4.83. The second-order valence-corrected chi connectivity index (χ2v) is 11.7. The van der Waals surface area contributed by atoms with E-state index in [1.807, 2.05) is 30.2 Å². The molecule has 0 spiro atoms. The maximum atomic E-state index is 12.9. The number of para-hydroxylation sites is 1. The minimum absolute atomic E-state index is 0.175. The smallest absolute Gasteiger partial charge is 0.297 e. The van der Waals surface area contributed by atoms with Crippen LogP contribution in [0, 0.1) is 6.92 Å². The number of ether oxygens (including phenoxy) is 1. The monoisotopic (exact) mass is 459 g/mol. The average Bonchev–Trinajstić information content (AvgIpc) is 3.09. The lowest BCUT2D eigenvalue weighted by atomic mass is 9.80. The first-order valence-electron chi connectivity index (χ1n) is 11.1. The highest BCUT2D eigenvalue weighted by Crippen LogP contribution is 2.42. The van der Waals surface area contributed by atoms with Crippen LogP contribution in [0.25, 0.3) is 0 Å². The molecule has 2 aromatic carbocycles. The van der Waals surface area contributed by atoms with E-state index < -0.39 is 27.3 Å². The number of hydrogen-bond acceptors (Lipinski definition) is 6. The third-order valence-corrected chi connectivity index (χ3v) is 7.71. The number of benzene rings is 2. The van der Waals surface area contributed by atoms with Crippen LogP contribution in [-0.2, 0) is 19.1 Å². The molecule has 7 heteroatoms. The van der Waals surface area contributed by atoms with E-state index in [-0.39, 0.29) is 10.8 Å². The maximum Gasteiger partial charge on any atom is 0.297 e. The van der Waals surface area contributed by atoms with Crippen molar-refractivity contribution >= 4 is 10.1 Å². The molecule has 0 amide bonds. The number of aryl methyl sites for hydroxylation is 1. The quantitative estimate of drug-likeness (QED) is 0.577. The van der Waals surface area contributed by atoms with Gasteiger partial charge in [-0.15, -0.1) is 0 Å². The Morgan fingerprint density at radius 2 is 1.62 bits per heavy atom. The van der Waals surface area contributed by atoms with E-state index in [1.54, 1.807) is 24.3 Å². The normalized spacial score (nSPS) is 23.0. The van der Waals surface area contributed by atoms with E-state index in [9.17, 15) is 8.42 Å². The molecule has 0 saturated carbocycles. The van der Waals surface area contributed by atoms with Crippen molar-refractivity contribution in [1.29, 1.82) is 0 Å². The summed E-state index contributed by atoms with van der Waals surface area (Å²) in [6.45, 7) is 11.3. The van der Waals surface area contributed by atoms with Gasteiger partial charge in [0.15, 0.2) is 0 Å². The molecule has 0 radical (unpaired) electrons. The van der Waals surface area contributed by atoms with Crippen LogP contribution in [0.3, 0.4) is 0 Å². The summed E-state index contributed by atoms with van der Waals surface area (Å²) < 4.78 is 37.2. The Kier molecular flexibility index (Phi) is 6.13. The highest BCUT2D eigenvalue weighted by atomic mass is 32.2. The van der Waals surface area contributed by atoms with Crippen molar-refractivity contribution in [3.05, 3.63) is 59.7 Å². The van der Waals surface area contributed by atoms with Gasteiger partial charge >= 0.3 is 0 Å².